The second-order valence-electron chi connectivity index (χ2n) is 2.84. The average Bonchev–Trinajstić information content (AvgIpc) is 2.29. The molecule has 15 heavy (non-hydrogen) atoms. The Kier molecular flexibility index (Phi) is 4.39. The van der Waals surface area contributed by atoms with Gasteiger partial charge >= 0.3 is 5.97 Å². The Balaban J connectivity index is 2.73. The summed E-state index contributed by atoms with van der Waals surface area (Å²) in [6.45, 7) is 0.0627. The van der Waals surface area contributed by atoms with Gasteiger partial charge in [0.1, 0.15) is 0 Å². The van der Waals surface area contributed by atoms with Crippen LogP contribution < -0.4 is 0 Å². The van der Waals surface area contributed by atoms with Gasteiger partial charge in [-0.3, -0.25) is 0 Å². The van der Waals surface area contributed by atoms with E-state index < -0.39 is 0 Å². The SMILES string of the molecule is COC(=O)c1ccc(C#CCCO)cc1. The number of benzene rings is 1. The molecule has 0 spiro atoms. The number of ether oxygens (including phenoxy) is 1. The molecule has 0 radical (unpaired) electrons. The third-order valence-electron chi connectivity index (χ3n) is 1.78. The molecular formula is C12H12O3. The molecule has 78 valence electrons. The molecule has 0 aromatic heterocycles. The Morgan fingerprint density at radius 1 is 1.40 bits per heavy atom. The lowest BCUT2D eigenvalue weighted by molar-refractivity contribution is 0.0601. The predicted octanol–water partition coefficient (Wildman–Crippen LogP) is 1.21. The molecule has 0 aliphatic carbocycles. The normalized spacial score (nSPS) is 8.93. The van der Waals surface area contributed by atoms with E-state index in [4.69, 9.17) is 5.11 Å². The molecule has 1 rings (SSSR count). The van der Waals surface area contributed by atoms with Crippen molar-refractivity contribution in [1.29, 1.82) is 0 Å². The van der Waals surface area contributed by atoms with Crippen molar-refractivity contribution < 1.29 is 14.6 Å². The second kappa shape index (κ2) is 5.84. The Bertz CT molecular complexity index is 382. The molecule has 0 aliphatic heterocycles. The summed E-state index contributed by atoms with van der Waals surface area (Å²) in [5.41, 5.74) is 1.32. The van der Waals surface area contributed by atoms with Gasteiger partial charge in [-0.1, -0.05) is 11.8 Å². The molecule has 0 amide bonds. The highest BCUT2D eigenvalue weighted by molar-refractivity contribution is 5.89. The number of carbonyl (C=O) groups is 1. The fourth-order valence-corrected chi connectivity index (χ4v) is 1.03. The highest BCUT2D eigenvalue weighted by Gasteiger charge is 2.02. The molecule has 3 nitrogen and oxygen atoms in total. The van der Waals surface area contributed by atoms with Crippen LogP contribution in [0.15, 0.2) is 24.3 Å². The summed E-state index contributed by atoms with van der Waals surface area (Å²) in [5.74, 6) is 5.31. The van der Waals surface area contributed by atoms with Gasteiger partial charge in [-0.2, -0.15) is 0 Å². The summed E-state index contributed by atoms with van der Waals surface area (Å²) in [4.78, 5) is 11.1. The van der Waals surface area contributed by atoms with E-state index in [0.29, 0.717) is 12.0 Å². The number of hydrogen-bond acceptors (Lipinski definition) is 3. The summed E-state index contributed by atoms with van der Waals surface area (Å²) in [6, 6.07) is 6.82. The van der Waals surface area contributed by atoms with E-state index in [2.05, 4.69) is 16.6 Å². The van der Waals surface area contributed by atoms with Crippen molar-refractivity contribution in [3.8, 4) is 11.8 Å². The van der Waals surface area contributed by atoms with Crippen LogP contribution in [0.2, 0.25) is 0 Å². The first kappa shape index (κ1) is 11.3. The van der Waals surface area contributed by atoms with Gasteiger partial charge in [0.25, 0.3) is 0 Å². The quantitative estimate of drug-likeness (QED) is 0.581. The topological polar surface area (TPSA) is 46.5 Å². The summed E-state index contributed by atoms with van der Waals surface area (Å²) >= 11 is 0. The minimum Gasteiger partial charge on any atom is -0.465 e. The molecule has 1 aromatic rings. The number of aliphatic hydroxyl groups is 1. The lowest BCUT2D eigenvalue weighted by Gasteiger charge is -1.97. The first-order valence-electron chi connectivity index (χ1n) is 4.56. The molecule has 0 saturated heterocycles. The highest BCUT2D eigenvalue weighted by atomic mass is 16.5. The van der Waals surface area contributed by atoms with Crippen molar-refractivity contribution in [1.82, 2.24) is 0 Å². The molecule has 1 N–H and O–H groups in total. The average molecular weight is 204 g/mol. The summed E-state index contributed by atoms with van der Waals surface area (Å²) in [6.07, 6.45) is 0.457. The number of methoxy groups -OCH3 is 1. The van der Waals surface area contributed by atoms with Crippen LogP contribution in [0.25, 0.3) is 0 Å². The van der Waals surface area contributed by atoms with Gasteiger partial charge in [0, 0.05) is 12.0 Å². The first-order valence-corrected chi connectivity index (χ1v) is 4.56. The number of esters is 1. The third-order valence-corrected chi connectivity index (χ3v) is 1.78. The Labute approximate surface area is 88.7 Å². The van der Waals surface area contributed by atoms with Crippen molar-refractivity contribution in [3.05, 3.63) is 35.4 Å². The zero-order valence-corrected chi connectivity index (χ0v) is 8.49. The molecule has 0 saturated carbocycles. The molecule has 0 heterocycles. The maximum absolute atomic E-state index is 11.1. The number of aliphatic hydroxyl groups excluding tert-OH is 1. The molecule has 0 aliphatic rings. The van der Waals surface area contributed by atoms with Gasteiger partial charge < -0.3 is 9.84 Å². The molecule has 0 fully saturated rings. The molecular weight excluding hydrogens is 192 g/mol. The number of hydrogen-bond donors (Lipinski definition) is 1. The maximum atomic E-state index is 11.1. The van der Waals surface area contributed by atoms with Crippen molar-refractivity contribution in [2.75, 3.05) is 13.7 Å². The standard InChI is InChI=1S/C12H12O3/c1-15-12(14)11-7-5-10(6-8-11)4-2-3-9-13/h5-8,13H,3,9H2,1H3. The summed E-state index contributed by atoms with van der Waals surface area (Å²) in [5, 5.41) is 8.53. The maximum Gasteiger partial charge on any atom is 0.337 e. The van der Waals surface area contributed by atoms with Crippen LogP contribution >= 0.6 is 0 Å². The van der Waals surface area contributed by atoms with Gasteiger partial charge in [-0.15, -0.1) is 0 Å². The van der Waals surface area contributed by atoms with E-state index in [1.54, 1.807) is 24.3 Å². The Morgan fingerprint density at radius 2 is 2.07 bits per heavy atom. The zero-order valence-electron chi connectivity index (χ0n) is 8.49. The van der Waals surface area contributed by atoms with Crippen LogP contribution in [0.4, 0.5) is 0 Å². The van der Waals surface area contributed by atoms with Crippen molar-refractivity contribution in [2.24, 2.45) is 0 Å². The Hall–Kier alpha value is -1.79. The predicted molar refractivity (Wildman–Crippen MR) is 56.4 cm³/mol. The van der Waals surface area contributed by atoms with Crippen LogP contribution in [-0.4, -0.2) is 24.8 Å². The van der Waals surface area contributed by atoms with Gasteiger partial charge in [0.2, 0.25) is 0 Å². The van der Waals surface area contributed by atoms with Crippen molar-refractivity contribution >= 4 is 5.97 Å². The van der Waals surface area contributed by atoms with Crippen LogP contribution in [0.5, 0.6) is 0 Å². The lowest BCUT2D eigenvalue weighted by atomic mass is 10.1. The van der Waals surface area contributed by atoms with E-state index in [-0.39, 0.29) is 12.6 Å². The minimum absolute atomic E-state index is 0.0627. The molecule has 0 bridgehead atoms. The summed E-state index contributed by atoms with van der Waals surface area (Å²) in [7, 11) is 1.34. The fourth-order valence-electron chi connectivity index (χ4n) is 1.03. The largest absolute Gasteiger partial charge is 0.465 e. The van der Waals surface area contributed by atoms with E-state index in [0.717, 1.165) is 5.56 Å². The smallest absolute Gasteiger partial charge is 0.337 e. The molecule has 1 aromatic carbocycles. The van der Waals surface area contributed by atoms with Crippen LogP contribution in [0.3, 0.4) is 0 Å². The Morgan fingerprint density at radius 3 is 2.60 bits per heavy atom. The lowest BCUT2D eigenvalue weighted by Crippen LogP contribution is -2.00. The van der Waals surface area contributed by atoms with Crippen LogP contribution in [0.1, 0.15) is 22.3 Å². The monoisotopic (exact) mass is 204 g/mol. The number of carbonyl (C=O) groups excluding carboxylic acids is 1. The van der Waals surface area contributed by atoms with E-state index in [1.165, 1.54) is 7.11 Å². The van der Waals surface area contributed by atoms with Gasteiger partial charge in [0.15, 0.2) is 0 Å². The van der Waals surface area contributed by atoms with Crippen LogP contribution in [-0.2, 0) is 4.74 Å². The second-order valence-corrected chi connectivity index (χ2v) is 2.84. The van der Waals surface area contributed by atoms with E-state index in [1.807, 2.05) is 0 Å². The van der Waals surface area contributed by atoms with Gasteiger partial charge in [-0.05, 0) is 24.3 Å². The highest BCUT2D eigenvalue weighted by Crippen LogP contribution is 2.04. The van der Waals surface area contributed by atoms with Crippen molar-refractivity contribution in [2.45, 2.75) is 6.42 Å². The number of rotatable bonds is 2. The van der Waals surface area contributed by atoms with Crippen molar-refractivity contribution in [3.63, 3.8) is 0 Å². The first-order chi connectivity index (χ1) is 7.27. The van der Waals surface area contributed by atoms with E-state index in [9.17, 15) is 4.79 Å². The minimum atomic E-state index is -0.357. The summed E-state index contributed by atoms with van der Waals surface area (Å²) < 4.78 is 4.57. The van der Waals surface area contributed by atoms with Gasteiger partial charge in [-0.25, -0.2) is 4.79 Å². The van der Waals surface area contributed by atoms with Crippen LogP contribution in [0, 0.1) is 11.8 Å². The third kappa shape index (κ3) is 3.45. The molecule has 3 heteroatoms. The van der Waals surface area contributed by atoms with E-state index >= 15 is 0 Å². The van der Waals surface area contributed by atoms with Gasteiger partial charge in [0.05, 0.1) is 19.3 Å². The fraction of sp³-hybridized carbons (Fsp3) is 0.250. The molecule has 0 atom stereocenters. The zero-order chi connectivity index (χ0) is 11.1. The molecule has 0 unspecified atom stereocenters.